The third-order valence-corrected chi connectivity index (χ3v) is 3.94. The Morgan fingerprint density at radius 1 is 0.913 bits per heavy atom. The van der Waals surface area contributed by atoms with Gasteiger partial charge in [-0.1, -0.05) is 12.1 Å². The van der Waals surface area contributed by atoms with Gasteiger partial charge in [-0.3, -0.25) is 0 Å². The molecule has 3 rings (SSSR count). The van der Waals surface area contributed by atoms with Crippen molar-refractivity contribution in [3.8, 4) is 22.6 Å². The van der Waals surface area contributed by atoms with Crippen LogP contribution in [0.4, 0.5) is 0 Å². The van der Waals surface area contributed by atoms with Crippen LogP contribution in [0.2, 0.25) is 0 Å². The van der Waals surface area contributed by atoms with Crippen molar-refractivity contribution in [2.45, 2.75) is 6.54 Å². The minimum atomic E-state index is 0.846. The van der Waals surface area contributed by atoms with Gasteiger partial charge in [0.05, 0.1) is 14.2 Å². The molecule has 1 aromatic heterocycles. The van der Waals surface area contributed by atoms with Crippen molar-refractivity contribution >= 4 is 10.9 Å². The van der Waals surface area contributed by atoms with Gasteiger partial charge < -0.3 is 19.4 Å². The van der Waals surface area contributed by atoms with E-state index in [-0.39, 0.29) is 0 Å². The number of aromatic nitrogens is 1. The van der Waals surface area contributed by atoms with E-state index in [0.717, 1.165) is 23.6 Å². The normalized spacial score (nSPS) is 11.2. The van der Waals surface area contributed by atoms with Gasteiger partial charge in [0.2, 0.25) is 0 Å². The molecule has 0 unspecified atom stereocenters. The Balaban J connectivity index is 2.18. The summed E-state index contributed by atoms with van der Waals surface area (Å²) in [5.74, 6) is 1.72. The molecule has 1 heterocycles. The first-order valence-electron chi connectivity index (χ1n) is 7.60. The number of benzene rings is 2. The van der Waals surface area contributed by atoms with Crippen LogP contribution in [0.1, 0.15) is 5.69 Å². The minimum Gasteiger partial charge on any atom is -0.497 e. The van der Waals surface area contributed by atoms with Gasteiger partial charge >= 0.3 is 0 Å². The molecule has 120 valence electrons. The predicted octanol–water partition coefficient (Wildman–Crippen LogP) is 3.91. The Morgan fingerprint density at radius 2 is 1.57 bits per heavy atom. The van der Waals surface area contributed by atoms with Gasteiger partial charge in [0, 0.05) is 34.8 Å². The maximum atomic E-state index is 5.34. The highest BCUT2D eigenvalue weighted by atomic mass is 16.5. The number of methoxy groups -OCH3 is 2. The summed E-state index contributed by atoms with van der Waals surface area (Å²) in [5, 5.41) is 1.20. The number of rotatable bonds is 5. The van der Waals surface area contributed by atoms with Gasteiger partial charge in [-0.15, -0.1) is 0 Å². The zero-order valence-electron chi connectivity index (χ0n) is 14.0. The molecular weight excluding hydrogens is 288 g/mol. The van der Waals surface area contributed by atoms with Crippen LogP contribution in [-0.2, 0) is 6.54 Å². The molecule has 0 radical (unpaired) electrons. The van der Waals surface area contributed by atoms with E-state index in [1.54, 1.807) is 14.2 Å². The van der Waals surface area contributed by atoms with Crippen LogP contribution in [-0.4, -0.2) is 38.2 Å². The Hall–Kier alpha value is -2.46. The molecular formula is C19H22N2O2. The van der Waals surface area contributed by atoms with Crippen LogP contribution in [0.5, 0.6) is 11.5 Å². The lowest BCUT2D eigenvalue weighted by molar-refractivity contribution is 0.398. The first-order chi connectivity index (χ1) is 11.1. The van der Waals surface area contributed by atoms with Crippen molar-refractivity contribution < 1.29 is 9.47 Å². The van der Waals surface area contributed by atoms with Gasteiger partial charge in [0.1, 0.15) is 11.5 Å². The van der Waals surface area contributed by atoms with Crippen LogP contribution in [0.15, 0.2) is 42.5 Å². The molecule has 0 aliphatic heterocycles. The lowest BCUT2D eigenvalue weighted by Crippen LogP contribution is -2.11. The van der Waals surface area contributed by atoms with E-state index in [1.165, 1.54) is 22.2 Å². The Bertz CT molecular complexity index is 804. The lowest BCUT2D eigenvalue weighted by Gasteiger charge is -2.11. The van der Waals surface area contributed by atoms with Gasteiger partial charge in [0.25, 0.3) is 0 Å². The largest absolute Gasteiger partial charge is 0.497 e. The first-order valence-corrected chi connectivity index (χ1v) is 7.60. The van der Waals surface area contributed by atoms with Crippen LogP contribution in [0.25, 0.3) is 22.0 Å². The van der Waals surface area contributed by atoms with Crippen molar-refractivity contribution in [3.63, 3.8) is 0 Å². The first kappa shape index (κ1) is 15.4. The molecule has 23 heavy (non-hydrogen) atoms. The Labute approximate surface area is 136 Å². The molecule has 1 N–H and O–H groups in total. The summed E-state index contributed by atoms with van der Waals surface area (Å²) in [4.78, 5) is 5.71. The van der Waals surface area contributed by atoms with E-state index in [0.29, 0.717) is 0 Å². The van der Waals surface area contributed by atoms with E-state index in [9.17, 15) is 0 Å². The number of hydrogen-bond acceptors (Lipinski definition) is 3. The monoisotopic (exact) mass is 310 g/mol. The average molecular weight is 310 g/mol. The second-order valence-corrected chi connectivity index (χ2v) is 5.86. The molecule has 0 bridgehead atoms. The maximum Gasteiger partial charge on any atom is 0.120 e. The minimum absolute atomic E-state index is 0.846. The fraction of sp³-hybridized carbons (Fsp3) is 0.263. The summed E-state index contributed by atoms with van der Waals surface area (Å²) < 4.78 is 10.6. The van der Waals surface area contributed by atoms with Crippen LogP contribution in [0.3, 0.4) is 0 Å². The third kappa shape index (κ3) is 3.03. The zero-order valence-corrected chi connectivity index (χ0v) is 14.0. The summed E-state index contributed by atoms with van der Waals surface area (Å²) in [6.45, 7) is 0.846. The number of fused-ring (bicyclic) bond motifs is 1. The number of aromatic amines is 1. The average Bonchev–Trinajstić information content (AvgIpc) is 2.90. The molecule has 0 amide bonds. The predicted molar refractivity (Wildman–Crippen MR) is 94.2 cm³/mol. The molecule has 0 saturated heterocycles. The van der Waals surface area contributed by atoms with E-state index in [2.05, 4.69) is 42.2 Å². The van der Waals surface area contributed by atoms with Gasteiger partial charge in [-0.25, -0.2) is 0 Å². The standard InChI is InChI=1S/C19H22N2O2/c1-21(2)12-18-19(13-5-7-14(22-3)8-6-13)16-10-9-15(23-4)11-17(16)20-18/h5-11,20H,12H2,1-4H3. The number of nitrogens with zero attached hydrogens (tertiary/aromatic N) is 1. The number of ether oxygens (including phenoxy) is 2. The molecule has 3 aromatic rings. The van der Waals surface area contributed by atoms with E-state index in [1.807, 2.05) is 24.3 Å². The second kappa shape index (κ2) is 6.34. The van der Waals surface area contributed by atoms with Crippen molar-refractivity contribution in [2.75, 3.05) is 28.3 Å². The summed E-state index contributed by atoms with van der Waals surface area (Å²) in [5.41, 5.74) is 4.70. The van der Waals surface area contributed by atoms with E-state index < -0.39 is 0 Å². The van der Waals surface area contributed by atoms with Gasteiger partial charge in [-0.05, 0) is 43.9 Å². The van der Waals surface area contributed by atoms with Gasteiger partial charge in [-0.2, -0.15) is 0 Å². The number of nitrogens with one attached hydrogen (secondary N) is 1. The highest BCUT2D eigenvalue weighted by Gasteiger charge is 2.14. The van der Waals surface area contributed by atoms with Crippen molar-refractivity contribution in [3.05, 3.63) is 48.2 Å². The molecule has 2 aromatic carbocycles. The van der Waals surface area contributed by atoms with Crippen LogP contribution in [0, 0.1) is 0 Å². The summed E-state index contributed by atoms with van der Waals surface area (Å²) in [7, 11) is 7.52. The fourth-order valence-corrected chi connectivity index (χ4v) is 2.88. The SMILES string of the molecule is COc1ccc(-c2c(CN(C)C)[nH]c3cc(OC)ccc23)cc1. The molecule has 0 spiro atoms. The van der Waals surface area contributed by atoms with Gasteiger partial charge in [0.15, 0.2) is 0 Å². The van der Waals surface area contributed by atoms with Crippen molar-refractivity contribution in [1.82, 2.24) is 9.88 Å². The molecule has 0 aliphatic carbocycles. The molecule has 4 nitrogen and oxygen atoms in total. The highest BCUT2D eigenvalue weighted by molar-refractivity contribution is 5.98. The summed E-state index contributed by atoms with van der Waals surface area (Å²) in [6.07, 6.45) is 0. The molecule has 0 fully saturated rings. The Morgan fingerprint density at radius 3 is 2.17 bits per heavy atom. The lowest BCUT2D eigenvalue weighted by atomic mass is 10.0. The van der Waals surface area contributed by atoms with Crippen molar-refractivity contribution in [2.24, 2.45) is 0 Å². The summed E-state index contributed by atoms with van der Waals surface area (Å²) >= 11 is 0. The molecule has 0 atom stereocenters. The number of hydrogen-bond donors (Lipinski definition) is 1. The highest BCUT2D eigenvalue weighted by Crippen LogP contribution is 2.35. The van der Waals surface area contributed by atoms with Crippen molar-refractivity contribution in [1.29, 1.82) is 0 Å². The topological polar surface area (TPSA) is 37.5 Å². The van der Waals surface area contributed by atoms with Crippen LogP contribution >= 0.6 is 0 Å². The Kier molecular flexibility index (Phi) is 4.26. The maximum absolute atomic E-state index is 5.34. The van der Waals surface area contributed by atoms with Crippen LogP contribution < -0.4 is 9.47 Å². The van der Waals surface area contributed by atoms with E-state index in [4.69, 9.17) is 9.47 Å². The second-order valence-electron chi connectivity index (χ2n) is 5.86. The summed E-state index contributed by atoms with van der Waals surface area (Å²) in [6, 6.07) is 14.4. The molecule has 0 aliphatic rings. The number of H-pyrrole nitrogens is 1. The fourth-order valence-electron chi connectivity index (χ4n) is 2.88. The third-order valence-electron chi connectivity index (χ3n) is 3.94. The quantitative estimate of drug-likeness (QED) is 0.776. The smallest absolute Gasteiger partial charge is 0.120 e. The van der Waals surface area contributed by atoms with E-state index >= 15 is 0 Å². The molecule has 4 heteroatoms. The molecule has 0 saturated carbocycles. The zero-order chi connectivity index (χ0) is 16.4.